The molecular formula is C14H14FNO2S. The molecule has 19 heavy (non-hydrogen) atoms. The average Bonchev–Trinajstić information content (AvgIpc) is 2.83. The van der Waals surface area contributed by atoms with E-state index in [1.807, 2.05) is 13.0 Å². The monoisotopic (exact) mass is 279 g/mol. The van der Waals surface area contributed by atoms with Gasteiger partial charge in [0.05, 0.1) is 11.0 Å². The Kier molecular flexibility index (Phi) is 4.29. The number of thiophene rings is 1. The number of halogens is 1. The third-order valence-corrected chi connectivity index (χ3v) is 3.68. The van der Waals surface area contributed by atoms with Crippen molar-refractivity contribution >= 4 is 17.2 Å². The quantitative estimate of drug-likeness (QED) is 0.904. The maximum absolute atomic E-state index is 13.4. The van der Waals surface area contributed by atoms with Crippen molar-refractivity contribution in [1.29, 1.82) is 0 Å². The lowest BCUT2D eigenvalue weighted by molar-refractivity contribution is 0.0918. The summed E-state index contributed by atoms with van der Waals surface area (Å²) >= 11 is 1.38. The Morgan fingerprint density at radius 2 is 2.11 bits per heavy atom. The van der Waals surface area contributed by atoms with Gasteiger partial charge in [-0.05, 0) is 25.1 Å². The summed E-state index contributed by atoms with van der Waals surface area (Å²) in [6.07, 6.45) is -1.05. The van der Waals surface area contributed by atoms with Crippen LogP contribution in [0.15, 0.2) is 36.4 Å². The second kappa shape index (κ2) is 5.95. The van der Waals surface area contributed by atoms with Gasteiger partial charge < -0.3 is 10.4 Å². The topological polar surface area (TPSA) is 49.3 Å². The number of aryl methyl sites for hydroxylation is 1. The number of hydrogen-bond donors (Lipinski definition) is 2. The van der Waals surface area contributed by atoms with Crippen LogP contribution in [0.2, 0.25) is 0 Å². The summed E-state index contributed by atoms with van der Waals surface area (Å²) in [5, 5.41) is 12.4. The van der Waals surface area contributed by atoms with E-state index in [0.29, 0.717) is 4.88 Å². The molecule has 5 heteroatoms. The molecule has 0 bridgehead atoms. The van der Waals surface area contributed by atoms with Crippen molar-refractivity contribution in [2.75, 3.05) is 6.54 Å². The molecule has 1 unspecified atom stereocenters. The zero-order chi connectivity index (χ0) is 13.8. The zero-order valence-corrected chi connectivity index (χ0v) is 11.2. The van der Waals surface area contributed by atoms with Crippen LogP contribution in [-0.4, -0.2) is 17.6 Å². The summed E-state index contributed by atoms with van der Waals surface area (Å²) in [4.78, 5) is 13.4. The molecule has 2 N–H and O–H groups in total. The summed E-state index contributed by atoms with van der Waals surface area (Å²) < 4.78 is 13.4. The molecule has 0 aliphatic rings. The molecular weight excluding hydrogens is 265 g/mol. The Labute approximate surface area is 114 Å². The van der Waals surface area contributed by atoms with Crippen molar-refractivity contribution < 1.29 is 14.3 Å². The van der Waals surface area contributed by atoms with Crippen molar-refractivity contribution in [3.05, 3.63) is 57.5 Å². The number of amides is 1. The first-order chi connectivity index (χ1) is 9.08. The highest BCUT2D eigenvalue weighted by Crippen LogP contribution is 2.17. The fourth-order valence-electron chi connectivity index (χ4n) is 1.69. The van der Waals surface area contributed by atoms with Crippen molar-refractivity contribution in [2.24, 2.45) is 0 Å². The molecule has 3 nitrogen and oxygen atoms in total. The van der Waals surface area contributed by atoms with E-state index < -0.39 is 11.9 Å². The van der Waals surface area contributed by atoms with Crippen LogP contribution in [0, 0.1) is 12.7 Å². The molecule has 2 rings (SSSR count). The summed E-state index contributed by atoms with van der Waals surface area (Å²) in [6, 6.07) is 9.56. The number of carbonyl (C=O) groups excluding carboxylic acids is 1. The number of aliphatic hydroxyl groups excluding tert-OH is 1. The fraction of sp³-hybridized carbons (Fsp3) is 0.214. The van der Waals surface area contributed by atoms with Crippen LogP contribution >= 0.6 is 11.3 Å². The molecule has 100 valence electrons. The zero-order valence-electron chi connectivity index (χ0n) is 10.4. The van der Waals surface area contributed by atoms with Gasteiger partial charge in [0.1, 0.15) is 5.82 Å². The minimum absolute atomic E-state index is 0.0171. The van der Waals surface area contributed by atoms with Crippen LogP contribution in [0.1, 0.15) is 26.2 Å². The molecule has 0 radical (unpaired) electrons. The van der Waals surface area contributed by atoms with Gasteiger partial charge >= 0.3 is 0 Å². The molecule has 1 aromatic carbocycles. The van der Waals surface area contributed by atoms with Crippen LogP contribution in [0.25, 0.3) is 0 Å². The standard InChI is InChI=1S/C14H14FNO2S/c1-9-6-7-13(19-9)14(18)16-8-12(17)10-4-2-3-5-11(10)15/h2-7,12,17H,8H2,1H3,(H,16,18). The second-order valence-electron chi connectivity index (χ2n) is 4.16. The molecule has 0 aliphatic heterocycles. The van der Waals surface area contributed by atoms with Crippen molar-refractivity contribution in [2.45, 2.75) is 13.0 Å². The minimum Gasteiger partial charge on any atom is -0.386 e. The molecule has 1 atom stereocenters. The molecule has 0 aliphatic carbocycles. The van der Waals surface area contributed by atoms with Gasteiger partial charge in [-0.3, -0.25) is 4.79 Å². The van der Waals surface area contributed by atoms with E-state index in [0.717, 1.165) is 4.88 Å². The largest absolute Gasteiger partial charge is 0.386 e. The van der Waals surface area contributed by atoms with Crippen LogP contribution in [-0.2, 0) is 0 Å². The van der Waals surface area contributed by atoms with Gasteiger partial charge in [-0.1, -0.05) is 18.2 Å². The Morgan fingerprint density at radius 3 is 2.74 bits per heavy atom. The number of benzene rings is 1. The third kappa shape index (κ3) is 3.39. The first-order valence-electron chi connectivity index (χ1n) is 5.85. The highest BCUT2D eigenvalue weighted by atomic mass is 32.1. The number of hydrogen-bond acceptors (Lipinski definition) is 3. The van der Waals surface area contributed by atoms with E-state index >= 15 is 0 Å². The molecule has 1 amide bonds. The molecule has 0 fully saturated rings. The lowest BCUT2D eigenvalue weighted by Crippen LogP contribution is -2.28. The molecule has 1 heterocycles. The molecule has 0 spiro atoms. The fourth-order valence-corrected chi connectivity index (χ4v) is 2.47. The van der Waals surface area contributed by atoms with E-state index in [1.165, 1.54) is 23.5 Å². The number of carbonyl (C=O) groups is 1. The Morgan fingerprint density at radius 1 is 1.37 bits per heavy atom. The van der Waals surface area contributed by atoms with E-state index in [-0.39, 0.29) is 18.0 Å². The van der Waals surface area contributed by atoms with Gasteiger partial charge in [0.25, 0.3) is 5.91 Å². The number of rotatable bonds is 4. The Hall–Kier alpha value is -1.72. The van der Waals surface area contributed by atoms with Gasteiger partial charge in [-0.2, -0.15) is 0 Å². The maximum atomic E-state index is 13.4. The molecule has 2 aromatic rings. The SMILES string of the molecule is Cc1ccc(C(=O)NCC(O)c2ccccc2F)s1. The van der Waals surface area contributed by atoms with E-state index in [4.69, 9.17) is 0 Å². The van der Waals surface area contributed by atoms with E-state index in [2.05, 4.69) is 5.32 Å². The van der Waals surface area contributed by atoms with Gasteiger partial charge in [0.15, 0.2) is 0 Å². The second-order valence-corrected chi connectivity index (χ2v) is 5.45. The Bertz CT molecular complexity index is 582. The van der Waals surface area contributed by atoms with E-state index in [9.17, 15) is 14.3 Å². The van der Waals surface area contributed by atoms with Crippen molar-refractivity contribution in [1.82, 2.24) is 5.32 Å². The van der Waals surface area contributed by atoms with Crippen molar-refractivity contribution in [3.8, 4) is 0 Å². The average molecular weight is 279 g/mol. The normalized spacial score (nSPS) is 12.2. The summed E-state index contributed by atoms with van der Waals surface area (Å²) in [5.74, 6) is -0.732. The summed E-state index contributed by atoms with van der Waals surface area (Å²) in [5.41, 5.74) is 0.185. The molecule has 0 saturated heterocycles. The predicted molar refractivity (Wildman–Crippen MR) is 72.7 cm³/mol. The summed E-state index contributed by atoms with van der Waals surface area (Å²) in [6.45, 7) is 1.90. The van der Waals surface area contributed by atoms with E-state index in [1.54, 1.807) is 18.2 Å². The summed E-state index contributed by atoms with van der Waals surface area (Å²) in [7, 11) is 0. The van der Waals surface area contributed by atoms with Crippen LogP contribution in [0.5, 0.6) is 0 Å². The predicted octanol–water partition coefficient (Wildman–Crippen LogP) is 2.66. The smallest absolute Gasteiger partial charge is 0.261 e. The first kappa shape index (κ1) is 13.7. The maximum Gasteiger partial charge on any atom is 0.261 e. The van der Waals surface area contributed by atoms with Crippen LogP contribution in [0.3, 0.4) is 0 Å². The molecule has 0 saturated carbocycles. The van der Waals surface area contributed by atoms with Gasteiger partial charge in [0.2, 0.25) is 0 Å². The van der Waals surface area contributed by atoms with Crippen molar-refractivity contribution in [3.63, 3.8) is 0 Å². The van der Waals surface area contributed by atoms with Gasteiger partial charge in [0, 0.05) is 17.0 Å². The minimum atomic E-state index is -1.05. The number of aliphatic hydroxyl groups is 1. The van der Waals surface area contributed by atoms with Crippen LogP contribution in [0.4, 0.5) is 4.39 Å². The highest BCUT2D eigenvalue weighted by molar-refractivity contribution is 7.13. The third-order valence-electron chi connectivity index (χ3n) is 2.68. The van der Waals surface area contributed by atoms with Gasteiger partial charge in [-0.25, -0.2) is 4.39 Å². The molecule has 1 aromatic heterocycles. The van der Waals surface area contributed by atoms with Crippen LogP contribution < -0.4 is 5.32 Å². The number of nitrogens with one attached hydrogen (secondary N) is 1. The Balaban J connectivity index is 1.96. The first-order valence-corrected chi connectivity index (χ1v) is 6.66. The highest BCUT2D eigenvalue weighted by Gasteiger charge is 2.14. The van der Waals surface area contributed by atoms with Gasteiger partial charge in [-0.15, -0.1) is 11.3 Å². The lowest BCUT2D eigenvalue weighted by atomic mass is 10.1. The lowest BCUT2D eigenvalue weighted by Gasteiger charge is -2.12.